The summed E-state index contributed by atoms with van der Waals surface area (Å²) in [5, 5.41) is 3.91. The third-order valence-electron chi connectivity index (χ3n) is 2.90. The second kappa shape index (κ2) is 5.75. The average Bonchev–Trinajstić information content (AvgIpc) is 3.12. The highest BCUT2D eigenvalue weighted by molar-refractivity contribution is 7.07. The summed E-state index contributed by atoms with van der Waals surface area (Å²) in [5.41, 5.74) is 2.02. The van der Waals surface area contributed by atoms with Crippen molar-refractivity contribution < 1.29 is 9.53 Å². The van der Waals surface area contributed by atoms with E-state index in [2.05, 4.69) is 0 Å². The lowest BCUT2D eigenvalue weighted by atomic mass is 10.2. The van der Waals surface area contributed by atoms with Gasteiger partial charge in [0.05, 0.1) is 6.42 Å². The van der Waals surface area contributed by atoms with Crippen LogP contribution in [0.25, 0.3) is 5.69 Å². The van der Waals surface area contributed by atoms with Crippen LogP contribution in [0.1, 0.15) is 5.56 Å². The van der Waals surface area contributed by atoms with E-state index in [1.54, 1.807) is 23.5 Å². The van der Waals surface area contributed by atoms with Gasteiger partial charge in [0.1, 0.15) is 5.75 Å². The zero-order chi connectivity index (χ0) is 13.8. The maximum absolute atomic E-state index is 11.8. The lowest BCUT2D eigenvalue weighted by Crippen LogP contribution is -2.10. The molecule has 0 saturated heterocycles. The van der Waals surface area contributed by atoms with Crippen molar-refractivity contribution in [3.8, 4) is 11.4 Å². The number of carbonyl (C=O) groups excluding carboxylic acids is 1. The highest BCUT2D eigenvalue weighted by atomic mass is 32.1. The molecular formula is C16H13NO2S. The van der Waals surface area contributed by atoms with Gasteiger partial charge < -0.3 is 9.30 Å². The largest absolute Gasteiger partial charge is 0.426 e. The van der Waals surface area contributed by atoms with Gasteiger partial charge in [0.25, 0.3) is 0 Å². The number of carbonyl (C=O) groups is 1. The van der Waals surface area contributed by atoms with E-state index in [0.29, 0.717) is 12.2 Å². The van der Waals surface area contributed by atoms with Gasteiger partial charge in [0.15, 0.2) is 0 Å². The smallest absolute Gasteiger partial charge is 0.315 e. The fraction of sp³-hybridized carbons (Fsp3) is 0.0625. The number of aromatic nitrogens is 1. The quantitative estimate of drug-likeness (QED) is 0.540. The van der Waals surface area contributed by atoms with Gasteiger partial charge in [-0.25, -0.2) is 0 Å². The number of benzene rings is 1. The molecule has 0 fully saturated rings. The fourth-order valence-electron chi connectivity index (χ4n) is 1.92. The molecule has 0 atom stereocenters. The molecule has 3 aromatic rings. The first-order chi connectivity index (χ1) is 9.81. The molecule has 3 nitrogen and oxygen atoms in total. The maximum Gasteiger partial charge on any atom is 0.315 e. The summed E-state index contributed by atoms with van der Waals surface area (Å²) in [6, 6.07) is 13.3. The van der Waals surface area contributed by atoms with Crippen molar-refractivity contribution in [1.82, 2.24) is 4.57 Å². The van der Waals surface area contributed by atoms with Crippen LogP contribution in [0.15, 0.2) is 65.6 Å². The van der Waals surface area contributed by atoms with E-state index in [-0.39, 0.29) is 5.97 Å². The molecule has 1 aromatic carbocycles. The van der Waals surface area contributed by atoms with Crippen molar-refractivity contribution in [1.29, 1.82) is 0 Å². The van der Waals surface area contributed by atoms with E-state index in [1.165, 1.54) is 0 Å². The number of thiophene rings is 1. The van der Waals surface area contributed by atoms with Crippen LogP contribution in [0.2, 0.25) is 0 Å². The molecule has 0 aliphatic heterocycles. The summed E-state index contributed by atoms with van der Waals surface area (Å²) < 4.78 is 7.31. The molecule has 2 heterocycles. The van der Waals surface area contributed by atoms with Gasteiger partial charge in [-0.2, -0.15) is 11.3 Å². The number of nitrogens with zero attached hydrogens (tertiary/aromatic N) is 1. The zero-order valence-corrected chi connectivity index (χ0v) is 11.5. The van der Waals surface area contributed by atoms with Gasteiger partial charge in [-0.15, -0.1) is 0 Å². The highest BCUT2D eigenvalue weighted by Crippen LogP contribution is 2.16. The monoisotopic (exact) mass is 283 g/mol. The molecule has 0 aliphatic carbocycles. The molecule has 0 N–H and O–H groups in total. The van der Waals surface area contributed by atoms with Crippen molar-refractivity contribution in [3.63, 3.8) is 0 Å². The molecule has 0 aliphatic rings. The minimum Gasteiger partial charge on any atom is -0.426 e. The summed E-state index contributed by atoms with van der Waals surface area (Å²) in [6.45, 7) is 0. The first-order valence-electron chi connectivity index (χ1n) is 6.26. The summed E-state index contributed by atoms with van der Waals surface area (Å²) in [6.07, 6.45) is 4.25. The van der Waals surface area contributed by atoms with Crippen LogP contribution in [-0.2, 0) is 11.2 Å². The van der Waals surface area contributed by atoms with Gasteiger partial charge in [0, 0.05) is 18.1 Å². The Balaban J connectivity index is 1.65. The lowest BCUT2D eigenvalue weighted by molar-refractivity contribution is -0.133. The Morgan fingerprint density at radius 3 is 2.50 bits per heavy atom. The van der Waals surface area contributed by atoms with Crippen LogP contribution in [0.4, 0.5) is 0 Å². The number of ether oxygens (including phenoxy) is 1. The standard InChI is InChI=1S/C16H13NO2S/c18-16(11-13-7-10-20-12-13)19-15-5-3-14(4-6-15)17-8-1-2-9-17/h1-10,12H,11H2. The molecule has 0 amide bonds. The SMILES string of the molecule is O=C(Cc1ccsc1)Oc1ccc(-n2cccc2)cc1. The third kappa shape index (κ3) is 2.97. The van der Waals surface area contributed by atoms with E-state index in [1.807, 2.05) is 58.1 Å². The van der Waals surface area contributed by atoms with Crippen molar-refractivity contribution >= 4 is 17.3 Å². The number of hydrogen-bond acceptors (Lipinski definition) is 3. The van der Waals surface area contributed by atoms with Gasteiger partial charge in [-0.1, -0.05) is 0 Å². The highest BCUT2D eigenvalue weighted by Gasteiger charge is 2.07. The van der Waals surface area contributed by atoms with Crippen molar-refractivity contribution in [3.05, 3.63) is 71.2 Å². The van der Waals surface area contributed by atoms with Crippen LogP contribution < -0.4 is 4.74 Å². The average molecular weight is 283 g/mol. The van der Waals surface area contributed by atoms with E-state index in [4.69, 9.17) is 4.74 Å². The van der Waals surface area contributed by atoms with E-state index >= 15 is 0 Å². The second-order valence-electron chi connectivity index (χ2n) is 4.37. The van der Waals surface area contributed by atoms with Crippen molar-refractivity contribution in [2.75, 3.05) is 0 Å². The van der Waals surface area contributed by atoms with Crippen molar-refractivity contribution in [2.24, 2.45) is 0 Å². The lowest BCUT2D eigenvalue weighted by Gasteiger charge is -2.06. The van der Waals surface area contributed by atoms with Crippen LogP contribution >= 0.6 is 11.3 Å². The molecule has 3 rings (SSSR count). The number of esters is 1. The zero-order valence-electron chi connectivity index (χ0n) is 10.7. The van der Waals surface area contributed by atoms with Gasteiger partial charge in [-0.05, 0) is 58.8 Å². The molecule has 0 radical (unpaired) electrons. The predicted molar refractivity (Wildman–Crippen MR) is 79.4 cm³/mol. The van der Waals surface area contributed by atoms with Crippen molar-refractivity contribution in [2.45, 2.75) is 6.42 Å². The maximum atomic E-state index is 11.8. The minimum absolute atomic E-state index is 0.239. The summed E-state index contributed by atoms with van der Waals surface area (Å²) in [5.74, 6) is 0.332. The molecular weight excluding hydrogens is 270 g/mol. The fourth-order valence-corrected chi connectivity index (χ4v) is 2.59. The molecule has 2 aromatic heterocycles. The van der Waals surface area contributed by atoms with Crippen LogP contribution in [0.3, 0.4) is 0 Å². The molecule has 4 heteroatoms. The Kier molecular flexibility index (Phi) is 3.65. The number of hydrogen-bond donors (Lipinski definition) is 0. The Bertz CT molecular complexity index is 670. The Morgan fingerprint density at radius 2 is 1.85 bits per heavy atom. The summed E-state index contributed by atoms with van der Waals surface area (Å²) in [4.78, 5) is 11.8. The molecule has 0 spiro atoms. The van der Waals surface area contributed by atoms with E-state index in [9.17, 15) is 4.79 Å². The molecule has 20 heavy (non-hydrogen) atoms. The summed E-state index contributed by atoms with van der Waals surface area (Å²) >= 11 is 1.58. The Labute approximate surface area is 121 Å². The van der Waals surface area contributed by atoms with Gasteiger partial charge in [0.2, 0.25) is 0 Å². The first-order valence-corrected chi connectivity index (χ1v) is 7.21. The van der Waals surface area contributed by atoms with E-state index < -0.39 is 0 Å². The Morgan fingerprint density at radius 1 is 1.10 bits per heavy atom. The predicted octanol–water partition coefficient (Wildman–Crippen LogP) is 3.69. The van der Waals surface area contributed by atoms with Gasteiger partial charge >= 0.3 is 5.97 Å². The first kappa shape index (κ1) is 12.7. The van der Waals surface area contributed by atoms with Gasteiger partial charge in [-0.3, -0.25) is 4.79 Å². The van der Waals surface area contributed by atoms with Crippen LogP contribution in [0, 0.1) is 0 Å². The minimum atomic E-state index is -0.239. The second-order valence-corrected chi connectivity index (χ2v) is 5.15. The third-order valence-corrected chi connectivity index (χ3v) is 3.63. The summed E-state index contributed by atoms with van der Waals surface area (Å²) in [7, 11) is 0. The number of rotatable bonds is 4. The normalized spacial score (nSPS) is 10.4. The topological polar surface area (TPSA) is 31.2 Å². The van der Waals surface area contributed by atoms with Crippen LogP contribution in [0.5, 0.6) is 5.75 Å². The molecule has 0 bridgehead atoms. The van der Waals surface area contributed by atoms with E-state index in [0.717, 1.165) is 11.3 Å². The van der Waals surface area contributed by atoms with Crippen LogP contribution in [-0.4, -0.2) is 10.5 Å². The molecule has 0 unspecified atom stereocenters. The molecule has 100 valence electrons. The Hall–Kier alpha value is -2.33. The molecule has 0 saturated carbocycles.